The van der Waals surface area contributed by atoms with Crippen molar-refractivity contribution < 1.29 is 14.3 Å². The van der Waals surface area contributed by atoms with Crippen molar-refractivity contribution in [1.29, 1.82) is 0 Å². The van der Waals surface area contributed by atoms with Crippen molar-refractivity contribution in [3.63, 3.8) is 0 Å². The van der Waals surface area contributed by atoms with Crippen LogP contribution in [0.3, 0.4) is 0 Å². The number of hydrogen-bond donors (Lipinski definition) is 1. The van der Waals surface area contributed by atoms with Gasteiger partial charge in [0.15, 0.2) is 5.13 Å². The van der Waals surface area contributed by atoms with E-state index in [-0.39, 0.29) is 24.3 Å². The van der Waals surface area contributed by atoms with E-state index in [1.807, 2.05) is 5.38 Å². The Balaban J connectivity index is 1.73. The highest BCUT2D eigenvalue weighted by Gasteiger charge is 2.27. The van der Waals surface area contributed by atoms with Crippen molar-refractivity contribution in [2.75, 3.05) is 31.6 Å². The molecule has 0 saturated carbocycles. The van der Waals surface area contributed by atoms with Crippen LogP contribution in [0.25, 0.3) is 0 Å². The topological polar surface area (TPSA) is 71.5 Å². The van der Waals surface area contributed by atoms with Gasteiger partial charge >= 0.3 is 5.97 Å². The highest BCUT2D eigenvalue weighted by atomic mass is 32.1. The second-order valence-electron chi connectivity index (χ2n) is 4.60. The molecule has 0 atom stereocenters. The van der Waals surface area contributed by atoms with Crippen molar-refractivity contribution in [1.82, 2.24) is 9.88 Å². The molecule has 1 aromatic heterocycles. The Labute approximate surface area is 122 Å². The van der Waals surface area contributed by atoms with E-state index in [2.05, 4.69) is 10.3 Å². The molecule has 0 aromatic carbocycles. The number of ether oxygens (including phenoxy) is 1. The molecule has 6 nitrogen and oxygen atoms in total. The molecule has 2 heterocycles. The molecule has 1 aliphatic rings. The molecule has 1 fully saturated rings. The third-order valence-electron chi connectivity index (χ3n) is 3.29. The molecule has 0 unspecified atom stereocenters. The third-order valence-corrected chi connectivity index (χ3v) is 4.02. The molecule has 1 N–H and O–H groups in total. The number of aromatic nitrogens is 1. The molecule has 20 heavy (non-hydrogen) atoms. The molecule has 1 aliphatic heterocycles. The van der Waals surface area contributed by atoms with Gasteiger partial charge in [-0.25, -0.2) is 4.98 Å². The Kier molecular flexibility index (Phi) is 5.34. The highest BCUT2D eigenvalue weighted by molar-refractivity contribution is 7.13. The number of carbonyl (C=O) groups excluding carboxylic acids is 2. The van der Waals surface area contributed by atoms with Gasteiger partial charge in [0.25, 0.3) is 0 Å². The SMILES string of the molecule is CCOC(=O)C1CCN(C(=O)CNc2nccs2)CC1. The van der Waals surface area contributed by atoms with E-state index < -0.39 is 0 Å². The number of nitrogens with one attached hydrogen (secondary N) is 1. The molecule has 7 heteroatoms. The Hall–Kier alpha value is -1.63. The van der Waals surface area contributed by atoms with E-state index >= 15 is 0 Å². The molecule has 0 radical (unpaired) electrons. The summed E-state index contributed by atoms with van der Waals surface area (Å²) < 4.78 is 5.01. The number of esters is 1. The summed E-state index contributed by atoms with van der Waals surface area (Å²) in [6.45, 7) is 3.69. The van der Waals surface area contributed by atoms with Gasteiger partial charge in [0.2, 0.25) is 5.91 Å². The number of anilines is 1. The van der Waals surface area contributed by atoms with Gasteiger partial charge in [-0.2, -0.15) is 0 Å². The fourth-order valence-electron chi connectivity index (χ4n) is 2.20. The van der Waals surface area contributed by atoms with Crippen LogP contribution >= 0.6 is 11.3 Å². The summed E-state index contributed by atoms with van der Waals surface area (Å²) in [4.78, 5) is 29.5. The van der Waals surface area contributed by atoms with Crippen molar-refractivity contribution in [3.05, 3.63) is 11.6 Å². The number of likely N-dealkylation sites (tertiary alicyclic amines) is 1. The maximum absolute atomic E-state index is 12.0. The smallest absolute Gasteiger partial charge is 0.309 e. The molecule has 0 aliphatic carbocycles. The van der Waals surface area contributed by atoms with Crippen LogP contribution in [0.1, 0.15) is 19.8 Å². The molecule has 0 bridgehead atoms. The Morgan fingerprint density at radius 2 is 2.25 bits per heavy atom. The van der Waals surface area contributed by atoms with Crippen LogP contribution in [0.5, 0.6) is 0 Å². The zero-order chi connectivity index (χ0) is 14.4. The van der Waals surface area contributed by atoms with Crippen molar-refractivity contribution in [2.24, 2.45) is 5.92 Å². The second kappa shape index (κ2) is 7.23. The first-order valence-electron chi connectivity index (χ1n) is 6.78. The van der Waals surface area contributed by atoms with E-state index in [0.717, 1.165) is 5.13 Å². The Bertz CT molecular complexity index is 442. The fraction of sp³-hybridized carbons (Fsp3) is 0.615. The van der Waals surface area contributed by atoms with E-state index in [1.54, 1.807) is 18.0 Å². The molecule has 1 saturated heterocycles. The molecule has 1 amide bonds. The van der Waals surface area contributed by atoms with Gasteiger partial charge in [-0.15, -0.1) is 11.3 Å². The summed E-state index contributed by atoms with van der Waals surface area (Å²) in [5.41, 5.74) is 0. The van der Waals surface area contributed by atoms with Crippen LogP contribution in [-0.4, -0.2) is 48.0 Å². The minimum atomic E-state index is -0.138. The highest BCUT2D eigenvalue weighted by Crippen LogP contribution is 2.19. The predicted molar refractivity (Wildman–Crippen MR) is 76.5 cm³/mol. The number of hydrogen-bond acceptors (Lipinski definition) is 6. The minimum Gasteiger partial charge on any atom is -0.466 e. The zero-order valence-corrected chi connectivity index (χ0v) is 12.3. The third kappa shape index (κ3) is 3.93. The van der Waals surface area contributed by atoms with Gasteiger partial charge in [-0.1, -0.05) is 0 Å². The lowest BCUT2D eigenvalue weighted by Gasteiger charge is -2.30. The fourth-order valence-corrected chi connectivity index (χ4v) is 2.73. The van der Waals surface area contributed by atoms with Crippen LogP contribution < -0.4 is 5.32 Å². The number of carbonyl (C=O) groups is 2. The van der Waals surface area contributed by atoms with Crippen LogP contribution in [0.15, 0.2) is 11.6 Å². The Morgan fingerprint density at radius 1 is 1.50 bits per heavy atom. The Morgan fingerprint density at radius 3 is 2.85 bits per heavy atom. The van der Waals surface area contributed by atoms with E-state index in [0.29, 0.717) is 32.5 Å². The van der Waals surface area contributed by atoms with Gasteiger partial charge in [0.1, 0.15) is 0 Å². The van der Waals surface area contributed by atoms with Crippen LogP contribution in [0.2, 0.25) is 0 Å². The summed E-state index contributed by atoms with van der Waals surface area (Å²) in [5.74, 6) is -0.158. The number of amides is 1. The van der Waals surface area contributed by atoms with E-state index in [9.17, 15) is 9.59 Å². The standard InChI is InChI=1S/C13H19N3O3S/c1-2-19-12(18)10-3-6-16(7-4-10)11(17)9-15-13-14-5-8-20-13/h5,8,10H,2-4,6-7,9H2,1H3,(H,14,15). The minimum absolute atomic E-state index is 0.0440. The number of rotatable bonds is 5. The van der Waals surface area contributed by atoms with Crippen molar-refractivity contribution >= 4 is 28.3 Å². The molecule has 1 aromatic rings. The van der Waals surface area contributed by atoms with Gasteiger partial charge in [0.05, 0.1) is 19.1 Å². The van der Waals surface area contributed by atoms with Crippen LogP contribution in [-0.2, 0) is 14.3 Å². The molecule has 2 rings (SSSR count). The first-order chi connectivity index (χ1) is 9.70. The average molecular weight is 297 g/mol. The van der Waals surface area contributed by atoms with Crippen molar-refractivity contribution in [3.8, 4) is 0 Å². The lowest BCUT2D eigenvalue weighted by atomic mass is 9.97. The normalized spacial score (nSPS) is 15.9. The van der Waals surface area contributed by atoms with Gasteiger partial charge < -0.3 is 15.0 Å². The first-order valence-corrected chi connectivity index (χ1v) is 7.66. The quantitative estimate of drug-likeness (QED) is 0.831. The summed E-state index contributed by atoms with van der Waals surface area (Å²) in [7, 11) is 0. The number of nitrogens with zero attached hydrogens (tertiary/aromatic N) is 2. The van der Waals surface area contributed by atoms with Gasteiger partial charge in [-0.3, -0.25) is 9.59 Å². The molecule has 110 valence electrons. The lowest BCUT2D eigenvalue weighted by Crippen LogP contribution is -2.43. The lowest BCUT2D eigenvalue weighted by molar-refractivity contribution is -0.151. The summed E-state index contributed by atoms with van der Waals surface area (Å²) in [6.07, 6.45) is 3.06. The summed E-state index contributed by atoms with van der Waals surface area (Å²) >= 11 is 1.47. The molecular weight excluding hydrogens is 278 g/mol. The van der Waals surface area contributed by atoms with E-state index in [4.69, 9.17) is 4.74 Å². The molecular formula is C13H19N3O3S. The number of piperidine rings is 1. The zero-order valence-electron chi connectivity index (χ0n) is 11.5. The monoisotopic (exact) mass is 297 g/mol. The van der Waals surface area contributed by atoms with E-state index in [1.165, 1.54) is 11.3 Å². The maximum Gasteiger partial charge on any atom is 0.309 e. The van der Waals surface area contributed by atoms with Gasteiger partial charge in [-0.05, 0) is 19.8 Å². The van der Waals surface area contributed by atoms with Crippen molar-refractivity contribution in [2.45, 2.75) is 19.8 Å². The average Bonchev–Trinajstić information content (AvgIpc) is 2.98. The number of thiazole rings is 1. The van der Waals surface area contributed by atoms with Crippen LogP contribution in [0, 0.1) is 5.92 Å². The van der Waals surface area contributed by atoms with Crippen LogP contribution in [0.4, 0.5) is 5.13 Å². The maximum atomic E-state index is 12.0. The molecule has 0 spiro atoms. The first kappa shape index (κ1) is 14.8. The predicted octanol–water partition coefficient (Wildman–Crippen LogP) is 1.36. The second-order valence-corrected chi connectivity index (χ2v) is 5.49. The largest absolute Gasteiger partial charge is 0.466 e. The summed E-state index contributed by atoms with van der Waals surface area (Å²) in [6, 6.07) is 0. The summed E-state index contributed by atoms with van der Waals surface area (Å²) in [5, 5.41) is 5.61. The van der Waals surface area contributed by atoms with Gasteiger partial charge in [0, 0.05) is 24.7 Å².